The third-order valence-electron chi connectivity index (χ3n) is 5.46. The van der Waals surface area contributed by atoms with Crippen molar-refractivity contribution in [1.29, 1.82) is 0 Å². The van der Waals surface area contributed by atoms with Crippen LogP contribution in [-0.2, 0) is 24.8 Å². The van der Waals surface area contributed by atoms with Crippen molar-refractivity contribution in [1.82, 2.24) is 14.7 Å². The van der Waals surface area contributed by atoms with Gasteiger partial charge in [-0.15, -0.1) is 0 Å². The molecule has 6 heteroatoms. The van der Waals surface area contributed by atoms with Crippen molar-refractivity contribution in [2.24, 2.45) is 18.2 Å². The van der Waals surface area contributed by atoms with Crippen LogP contribution in [0.3, 0.4) is 0 Å². The number of carbonyl (C=O) groups excluding carboxylic acids is 1. The van der Waals surface area contributed by atoms with Crippen LogP contribution in [0.1, 0.15) is 49.8 Å². The maximum Gasteiger partial charge on any atom is 0.266 e. The maximum absolute atomic E-state index is 12.8. The molecule has 6 nitrogen and oxygen atoms in total. The van der Waals surface area contributed by atoms with E-state index in [0.717, 1.165) is 24.1 Å². The molecule has 0 radical (unpaired) electrons. The van der Waals surface area contributed by atoms with Crippen molar-refractivity contribution in [2.45, 2.75) is 51.5 Å². The monoisotopic (exact) mass is 318 g/mol. The summed E-state index contributed by atoms with van der Waals surface area (Å²) in [5.74, 6) is 0.170. The lowest BCUT2D eigenvalue weighted by Crippen LogP contribution is -2.43. The minimum absolute atomic E-state index is 0.0132. The van der Waals surface area contributed by atoms with E-state index in [1.54, 1.807) is 13.1 Å². The maximum atomic E-state index is 12.8. The van der Waals surface area contributed by atoms with Gasteiger partial charge in [-0.25, -0.2) is 4.68 Å². The van der Waals surface area contributed by atoms with Gasteiger partial charge in [-0.1, -0.05) is 19.3 Å². The average molecular weight is 318 g/mol. The van der Waals surface area contributed by atoms with Gasteiger partial charge >= 0.3 is 0 Å². The summed E-state index contributed by atoms with van der Waals surface area (Å²) in [6.07, 6.45) is 6.97. The summed E-state index contributed by atoms with van der Waals surface area (Å²) in [5, 5.41) is 4.30. The van der Waals surface area contributed by atoms with Crippen LogP contribution in [0.4, 0.5) is 0 Å². The summed E-state index contributed by atoms with van der Waals surface area (Å²) in [7, 11) is 1.66. The van der Waals surface area contributed by atoms with Crippen LogP contribution in [0.2, 0.25) is 0 Å². The molecular weight excluding hydrogens is 292 g/mol. The molecule has 1 aromatic rings. The molecule has 0 bridgehead atoms. The molecule has 0 saturated heterocycles. The van der Waals surface area contributed by atoms with Crippen molar-refractivity contribution in [3.8, 4) is 0 Å². The average Bonchev–Trinajstić information content (AvgIpc) is 2.56. The zero-order chi connectivity index (χ0) is 16.4. The molecule has 0 atom stereocenters. The molecule has 126 valence electrons. The van der Waals surface area contributed by atoms with Gasteiger partial charge in [0.2, 0.25) is 5.91 Å². The Balaban J connectivity index is 1.71. The van der Waals surface area contributed by atoms with E-state index in [-0.39, 0.29) is 16.9 Å². The van der Waals surface area contributed by atoms with E-state index < -0.39 is 0 Å². The summed E-state index contributed by atoms with van der Waals surface area (Å²) in [4.78, 5) is 26.4. The normalized spacial score (nSPS) is 20.2. The van der Waals surface area contributed by atoms with Gasteiger partial charge in [0, 0.05) is 44.6 Å². The predicted octanol–water partition coefficient (Wildman–Crippen LogP) is 0.964. The molecule has 0 unspecified atom stereocenters. The number of aromatic nitrogens is 2. The molecule has 2 N–H and O–H groups in total. The lowest BCUT2D eigenvalue weighted by atomic mass is 9.71. The molecule has 3 rings (SSSR count). The molecule has 0 spiro atoms. The second kappa shape index (κ2) is 6.43. The fourth-order valence-corrected chi connectivity index (χ4v) is 3.89. The van der Waals surface area contributed by atoms with Crippen LogP contribution in [0, 0.1) is 5.41 Å². The van der Waals surface area contributed by atoms with Crippen molar-refractivity contribution in [3.63, 3.8) is 0 Å². The van der Waals surface area contributed by atoms with Crippen molar-refractivity contribution in [3.05, 3.63) is 27.7 Å². The highest BCUT2D eigenvalue weighted by Gasteiger charge is 2.35. The molecular formula is C17H26N4O2. The zero-order valence-corrected chi connectivity index (χ0v) is 13.9. The largest absolute Gasteiger partial charge is 0.338 e. The quantitative estimate of drug-likeness (QED) is 0.900. The molecule has 1 aliphatic heterocycles. The first-order valence-electron chi connectivity index (χ1n) is 8.57. The predicted molar refractivity (Wildman–Crippen MR) is 87.8 cm³/mol. The summed E-state index contributed by atoms with van der Waals surface area (Å²) in [6, 6.07) is 1.61. The fourth-order valence-electron chi connectivity index (χ4n) is 3.89. The van der Waals surface area contributed by atoms with E-state index in [2.05, 4.69) is 5.10 Å². The molecule has 23 heavy (non-hydrogen) atoms. The van der Waals surface area contributed by atoms with Gasteiger partial charge in [-0.05, 0) is 24.8 Å². The highest BCUT2D eigenvalue weighted by Crippen LogP contribution is 2.39. The molecule has 0 aromatic carbocycles. The van der Waals surface area contributed by atoms with Gasteiger partial charge in [0.05, 0.1) is 5.69 Å². The second-order valence-electron chi connectivity index (χ2n) is 7.08. The minimum atomic E-state index is -0.122. The Bertz CT molecular complexity index is 646. The summed E-state index contributed by atoms with van der Waals surface area (Å²) in [5.41, 5.74) is 7.69. The van der Waals surface area contributed by atoms with E-state index in [4.69, 9.17) is 5.73 Å². The molecule has 1 amide bonds. The van der Waals surface area contributed by atoms with Crippen LogP contribution in [-0.4, -0.2) is 33.7 Å². The summed E-state index contributed by atoms with van der Waals surface area (Å²) >= 11 is 0. The number of nitrogens with zero attached hydrogens (tertiary/aromatic N) is 3. The van der Waals surface area contributed by atoms with Crippen molar-refractivity contribution < 1.29 is 4.79 Å². The molecule has 1 aromatic heterocycles. The lowest BCUT2D eigenvalue weighted by molar-refractivity contribution is -0.135. The first-order valence-corrected chi connectivity index (χ1v) is 8.57. The first kappa shape index (κ1) is 16.2. The van der Waals surface area contributed by atoms with Crippen molar-refractivity contribution in [2.75, 3.05) is 13.1 Å². The van der Waals surface area contributed by atoms with Crippen LogP contribution in [0.5, 0.6) is 0 Å². The summed E-state index contributed by atoms with van der Waals surface area (Å²) in [6.45, 7) is 1.76. The molecule has 1 saturated carbocycles. The minimum Gasteiger partial charge on any atom is -0.338 e. The topological polar surface area (TPSA) is 81.2 Å². The van der Waals surface area contributed by atoms with Gasteiger partial charge in [-0.2, -0.15) is 5.10 Å². The fraction of sp³-hybridized carbons (Fsp3) is 0.706. The van der Waals surface area contributed by atoms with Gasteiger partial charge in [0.15, 0.2) is 0 Å². The molecule has 1 aliphatic carbocycles. The Hall–Kier alpha value is -1.69. The molecule has 2 heterocycles. The number of hydrogen-bond donors (Lipinski definition) is 1. The third-order valence-corrected chi connectivity index (χ3v) is 5.46. The number of aryl methyl sites for hydroxylation is 1. The Morgan fingerprint density at radius 3 is 2.78 bits per heavy atom. The summed E-state index contributed by atoms with van der Waals surface area (Å²) < 4.78 is 1.36. The van der Waals surface area contributed by atoms with E-state index >= 15 is 0 Å². The van der Waals surface area contributed by atoms with Crippen molar-refractivity contribution >= 4 is 5.91 Å². The van der Waals surface area contributed by atoms with E-state index in [1.807, 2.05) is 4.90 Å². The Morgan fingerprint density at radius 1 is 1.35 bits per heavy atom. The van der Waals surface area contributed by atoms with Crippen LogP contribution in [0.25, 0.3) is 0 Å². The Labute approximate surface area is 136 Å². The molecule has 2 aliphatic rings. The zero-order valence-electron chi connectivity index (χ0n) is 13.9. The lowest BCUT2D eigenvalue weighted by Gasteiger charge is -2.38. The number of rotatable bonds is 3. The van der Waals surface area contributed by atoms with E-state index in [9.17, 15) is 9.59 Å². The smallest absolute Gasteiger partial charge is 0.266 e. The number of hydrogen-bond acceptors (Lipinski definition) is 4. The van der Waals surface area contributed by atoms with Gasteiger partial charge in [0.25, 0.3) is 5.56 Å². The molecule has 1 fully saturated rings. The standard InChI is InChI=1S/C17H26N4O2/c1-20-15(22)9-13-11-21(8-5-14(13)19-20)16(23)10-17(12-18)6-3-2-4-7-17/h9H,2-8,10-12,18H2,1H3. The number of carbonyl (C=O) groups is 1. The van der Waals surface area contributed by atoms with Crippen LogP contribution < -0.4 is 11.3 Å². The van der Waals surface area contributed by atoms with Gasteiger partial charge in [0.1, 0.15) is 0 Å². The highest BCUT2D eigenvalue weighted by atomic mass is 16.2. The highest BCUT2D eigenvalue weighted by molar-refractivity contribution is 5.77. The first-order chi connectivity index (χ1) is 11.0. The van der Waals surface area contributed by atoms with Gasteiger partial charge in [-0.3, -0.25) is 9.59 Å². The number of amides is 1. The third kappa shape index (κ3) is 3.32. The van der Waals surface area contributed by atoms with Crippen LogP contribution >= 0.6 is 0 Å². The Kier molecular flexibility index (Phi) is 4.53. The Morgan fingerprint density at radius 2 is 2.09 bits per heavy atom. The van der Waals surface area contributed by atoms with Gasteiger partial charge < -0.3 is 10.6 Å². The number of fused-ring (bicyclic) bond motifs is 1. The number of nitrogens with two attached hydrogens (primary N) is 1. The second-order valence-corrected chi connectivity index (χ2v) is 7.08. The SMILES string of the molecule is Cn1nc2c(cc1=O)CN(C(=O)CC1(CN)CCCCC1)CC2. The van der Waals surface area contributed by atoms with E-state index in [0.29, 0.717) is 32.5 Å². The van der Waals surface area contributed by atoms with Crippen LogP contribution in [0.15, 0.2) is 10.9 Å². The van der Waals surface area contributed by atoms with E-state index in [1.165, 1.54) is 23.9 Å².